The molecule has 5 heteroatoms. The molecular weight excluding hydrogens is 412 g/mol. The number of aryl methyl sites for hydroxylation is 1. The smallest absolute Gasteiger partial charge is 0.261 e. The molecule has 180 valence electrons. The van der Waals surface area contributed by atoms with Crippen LogP contribution in [0, 0.1) is 6.92 Å². The Bertz CT molecular complexity index is 915. The minimum absolute atomic E-state index is 0.0535. The minimum Gasteiger partial charge on any atom is -0.483 e. The Labute approximate surface area is 199 Å². The summed E-state index contributed by atoms with van der Waals surface area (Å²) < 4.78 is 6.02. The van der Waals surface area contributed by atoms with Crippen LogP contribution in [0.3, 0.4) is 0 Å². The highest BCUT2D eigenvalue weighted by molar-refractivity contribution is 5.88. The third-order valence-electron chi connectivity index (χ3n) is 5.91. The molecule has 0 saturated carbocycles. The highest BCUT2D eigenvalue weighted by Crippen LogP contribution is 2.31. The van der Waals surface area contributed by atoms with E-state index in [2.05, 4.69) is 26.1 Å². The van der Waals surface area contributed by atoms with Crippen molar-refractivity contribution in [1.29, 1.82) is 0 Å². The van der Waals surface area contributed by atoms with Gasteiger partial charge in [0, 0.05) is 12.6 Å². The first-order valence-electron chi connectivity index (χ1n) is 11.9. The van der Waals surface area contributed by atoms with Crippen LogP contribution in [0.5, 0.6) is 5.75 Å². The zero-order chi connectivity index (χ0) is 24.6. The Morgan fingerprint density at radius 2 is 1.64 bits per heavy atom. The molecule has 0 heterocycles. The van der Waals surface area contributed by atoms with E-state index in [0.29, 0.717) is 18.7 Å². The van der Waals surface area contributed by atoms with Crippen LogP contribution in [0.15, 0.2) is 48.5 Å². The van der Waals surface area contributed by atoms with Gasteiger partial charge >= 0.3 is 0 Å². The summed E-state index contributed by atoms with van der Waals surface area (Å²) in [6.45, 7) is 14.6. The maximum atomic E-state index is 13.4. The second kappa shape index (κ2) is 11.9. The molecule has 2 atom stereocenters. The standard InChI is InChI=1S/C28H40N2O3/c1-8-21(4)29-27(32)24(9-2)30(18-22-16-14-20(3)15-17-22)26(31)19-33-25-13-11-10-12-23(25)28(5,6)7/h10-17,21,24H,8-9,18-19H2,1-7H3,(H,29,32). The summed E-state index contributed by atoms with van der Waals surface area (Å²) in [6.07, 6.45) is 1.36. The van der Waals surface area contributed by atoms with Crippen molar-refractivity contribution in [2.75, 3.05) is 6.61 Å². The molecule has 0 aliphatic heterocycles. The quantitative estimate of drug-likeness (QED) is 0.526. The summed E-state index contributed by atoms with van der Waals surface area (Å²) in [5.74, 6) is 0.374. The van der Waals surface area contributed by atoms with E-state index in [-0.39, 0.29) is 29.9 Å². The van der Waals surface area contributed by atoms with Gasteiger partial charge in [0.1, 0.15) is 11.8 Å². The molecule has 5 nitrogen and oxygen atoms in total. The van der Waals surface area contributed by atoms with Gasteiger partial charge < -0.3 is 15.0 Å². The first kappa shape index (κ1) is 26.4. The van der Waals surface area contributed by atoms with Crippen LogP contribution in [0.25, 0.3) is 0 Å². The lowest BCUT2D eigenvalue weighted by Gasteiger charge is -2.31. The maximum Gasteiger partial charge on any atom is 0.261 e. The van der Waals surface area contributed by atoms with Crippen LogP contribution < -0.4 is 10.1 Å². The molecule has 2 unspecified atom stereocenters. The van der Waals surface area contributed by atoms with Crippen molar-refractivity contribution >= 4 is 11.8 Å². The van der Waals surface area contributed by atoms with E-state index < -0.39 is 6.04 Å². The molecule has 0 fully saturated rings. The Kier molecular flexibility index (Phi) is 9.51. The van der Waals surface area contributed by atoms with E-state index in [1.165, 1.54) is 0 Å². The third kappa shape index (κ3) is 7.62. The van der Waals surface area contributed by atoms with Gasteiger partial charge in [-0.25, -0.2) is 0 Å². The summed E-state index contributed by atoms with van der Waals surface area (Å²) in [6, 6.07) is 15.4. The number of nitrogens with one attached hydrogen (secondary N) is 1. The van der Waals surface area contributed by atoms with E-state index in [1.807, 2.05) is 76.2 Å². The zero-order valence-corrected chi connectivity index (χ0v) is 21.3. The molecule has 0 aromatic heterocycles. The van der Waals surface area contributed by atoms with Gasteiger partial charge in [-0.2, -0.15) is 0 Å². The Balaban J connectivity index is 2.27. The first-order valence-corrected chi connectivity index (χ1v) is 11.9. The maximum absolute atomic E-state index is 13.4. The average molecular weight is 453 g/mol. The van der Waals surface area contributed by atoms with Gasteiger partial charge in [0.25, 0.3) is 5.91 Å². The fourth-order valence-electron chi connectivity index (χ4n) is 3.69. The SMILES string of the molecule is CCC(C)NC(=O)C(CC)N(Cc1ccc(C)cc1)C(=O)COc1ccccc1C(C)(C)C. The molecule has 2 amide bonds. The predicted molar refractivity (Wildman–Crippen MR) is 134 cm³/mol. The van der Waals surface area contributed by atoms with Crippen molar-refractivity contribution in [2.45, 2.75) is 85.4 Å². The van der Waals surface area contributed by atoms with Gasteiger partial charge in [-0.15, -0.1) is 0 Å². The van der Waals surface area contributed by atoms with Crippen molar-refractivity contribution in [3.63, 3.8) is 0 Å². The molecule has 0 aliphatic rings. The van der Waals surface area contributed by atoms with Gasteiger partial charge in [0.2, 0.25) is 5.91 Å². The number of benzene rings is 2. The zero-order valence-electron chi connectivity index (χ0n) is 21.3. The van der Waals surface area contributed by atoms with Crippen LogP contribution in [0.1, 0.15) is 71.1 Å². The van der Waals surface area contributed by atoms with Gasteiger partial charge in [0.15, 0.2) is 6.61 Å². The third-order valence-corrected chi connectivity index (χ3v) is 5.91. The molecule has 0 bridgehead atoms. The molecule has 2 aromatic carbocycles. The molecule has 2 rings (SSSR count). The van der Waals surface area contributed by atoms with Crippen molar-refractivity contribution in [1.82, 2.24) is 10.2 Å². The van der Waals surface area contributed by atoms with Crippen molar-refractivity contribution in [2.24, 2.45) is 0 Å². The van der Waals surface area contributed by atoms with Crippen molar-refractivity contribution in [3.05, 3.63) is 65.2 Å². The van der Waals surface area contributed by atoms with Gasteiger partial charge in [-0.3, -0.25) is 9.59 Å². The van der Waals surface area contributed by atoms with Crippen LogP contribution in [-0.2, 0) is 21.5 Å². The van der Waals surface area contributed by atoms with E-state index in [4.69, 9.17) is 4.74 Å². The molecular formula is C28H40N2O3. The second-order valence-electron chi connectivity index (χ2n) is 9.78. The molecule has 1 N–H and O–H groups in total. The highest BCUT2D eigenvalue weighted by atomic mass is 16.5. The number of carbonyl (C=O) groups excluding carboxylic acids is 2. The number of rotatable bonds is 10. The summed E-state index contributed by atoms with van der Waals surface area (Å²) in [5.41, 5.74) is 3.08. The predicted octanol–water partition coefficient (Wildman–Crippen LogP) is 5.39. The van der Waals surface area contributed by atoms with Crippen LogP contribution in [0.4, 0.5) is 0 Å². The highest BCUT2D eigenvalue weighted by Gasteiger charge is 2.30. The number of nitrogens with zero attached hydrogens (tertiary/aromatic N) is 1. The second-order valence-corrected chi connectivity index (χ2v) is 9.78. The van der Waals surface area contributed by atoms with Gasteiger partial charge in [-0.05, 0) is 49.3 Å². The van der Waals surface area contributed by atoms with E-state index >= 15 is 0 Å². The topological polar surface area (TPSA) is 58.6 Å². The summed E-state index contributed by atoms with van der Waals surface area (Å²) in [4.78, 5) is 28.1. The fourth-order valence-corrected chi connectivity index (χ4v) is 3.69. The normalized spacial score (nSPS) is 13.2. The van der Waals surface area contributed by atoms with Crippen molar-refractivity contribution < 1.29 is 14.3 Å². The largest absolute Gasteiger partial charge is 0.483 e. The lowest BCUT2D eigenvalue weighted by atomic mass is 9.86. The Morgan fingerprint density at radius 3 is 2.21 bits per heavy atom. The first-order chi connectivity index (χ1) is 15.6. The van der Waals surface area contributed by atoms with Crippen LogP contribution in [-0.4, -0.2) is 35.4 Å². The minimum atomic E-state index is -0.561. The molecule has 0 spiro atoms. The average Bonchev–Trinajstić information content (AvgIpc) is 2.78. The Morgan fingerprint density at radius 1 is 1.00 bits per heavy atom. The summed E-state index contributed by atoms with van der Waals surface area (Å²) >= 11 is 0. The van der Waals surface area contributed by atoms with E-state index in [0.717, 1.165) is 23.1 Å². The number of ether oxygens (including phenoxy) is 1. The van der Waals surface area contributed by atoms with Gasteiger partial charge in [0.05, 0.1) is 0 Å². The number of para-hydroxylation sites is 1. The number of hydrogen-bond acceptors (Lipinski definition) is 3. The summed E-state index contributed by atoms with van der Waals surface area (Å²) in [5, 5.41) is 3.04. The monoisotopic (exact) mass is 452 g/mol. The van der Waals surface area contributed by atoms with Crippen molar-refractivity contribution in [3.8, 4) is 5.75 Å². The number of hydrogen-bond donors (Lipinski definition) is 1. The Hall–Kier alpha value is -2.82. The fraction of sp³-hybridized carbons (Fsp3) is 0.500. The van der Waals surface area contributed by atoms with E-state index in [9.17, 15) is 9.59 Å². The number of amides is 2. The molecule has 0 radical (unpaired) electrons. The van der Waals surface area contributed by atoms with Crippen LogP contribution in [0.2, 0.25) is 0 Å². The summed E-state index contributed by atoms with van der Waals surface area (Å²) in [7, 11) is 0. The van der Waals surface area contributed by atoms with E-state index in [1.54, 1.807) is 4.90 Å². The number of carbonyl (C=O) groups is 2. The molecule has 2 aromatic rings. The molecule has 0 aliphatic carbocycles. The lowest BCUT2D eigenvalue weighted by molar-refractivity contribution is -0.143. The molecule has 0 saturated heterocycles. The molecule has 33 heavy (non-hydrogen) atoms. The lowest BCUT2D eigenvalue weighted by Crippen LogP contribution is -2.51. The van der Waals surface area contributed by atoms with Gasteiger partial charge in [-0.1, -0.05) is 82.6 Å². The van der Waals surface area contributed by atoms with Crippen LogP contribution >= 0.6 is 0 Å².